The largest absolute Gasteiger partial charge is 0.465 e. The van der Waals surface area contributed by atoms with E-state index in [1.807, 2.05) is 6.92 Å². The van der Waals surface area contributed by atoms with Crippen molar-refractivity contribution in [3.05, 3.63) is 35.4 Å². The lowest BCUT2D eigenvalue weighted by atomic mass is 9.75. The number of hydrogen-bond donors (Lipinski definition) is 1. The molecule has 3 nitrogen and oxygen atoms in total. The van der Waals surface area contributed by atoms with E-state index in [1.165, 1.54) is 37.7 Å². The molecule has 0 aliphatic heterocycles. The van der Waals surface area contributed by atoms with E-state index in [0.717, 1.165) is 18.4 Å². The van der Waals surface area contributed by atoms with Gasteiger partial charge in [-0.25, -0.2) is 0 Å². The van der Waals surface area contributed by atoms with E-state index in [1.54, 1.807) is 0 Å². The summed E-state index contributed by atoms with van der Waals surface area (Å²) in [6.07, 6.45) is 11.1. The predicted molar refractivity (Wildman–Crippen MR) is 106 cm³/mol. The summed E-state index contributed by atoms with van der Waals surface area (Å²) in [5, 5.41) is 11.0. The summed E-state index contributed by atoms with van der Waals surface area (Å²) in [4.78, 5) is 12.0. The molecule has 0 amide bonds. The molecule has 26 heavy (non-hydrogen) atoms. The van der Waals surface area contributed by atoms with Crippen LogP contribution in [0.4, 0.5) is 0 Å². The van der Waals surface area contributed by atoms with Crippen LogP contribution < -0.4 is 0 Å². The Morgan fingerprint density at radius 1 is 1.04 bits per heavy atom. The third-order valence-electron chi connectivity index (χ3n) is 5.65. The summed E-state index contributed by atoms with van der Waals surface area (Å²) in [6, 6.07) is 8.48. The fourth-order valence-electron chi connectivity index (χ4n) is 3.85. The minimum absolute atomic E-state index is 0.0516. The van der Waals surface area contributed by atoms with Crippen LogP contribution in [-0.4, -0.2) is 17.7 Å². The lowest BCUT2D eigenvalue weighted by molar-refractivity contribution is -0.151. The van der Waals surface area contributed by atoms with Gasteiger partial charge in [-0.3, -0.25) is 4.79 Å². The number of rotatable bonds is 10. The first-order valence-electron chi connectivity index (χ1n) is 10.6. The van der Waals surface area contributed by atoms with Crippen LogP contribution in [0.5, 0.6) is 0 Å². The van der Waals surface area contributed by atoms with Crippen molar-refractivity contribution in [2.75, 3.05) is 6.61 Å². The van der Waals surface area contributed by atoms with Crippen molar-refractivity contribution in [2.45, 2.75) is 90.1 Å². The number of hydrogen-bond acceptors (Lipinski definition) is 3. The molecule has 0 bridgehead atoms. The van der Waals surface area contributed by atoms with E-state index in [0.29, 0.717) is 32.3 Å². The highest BCUT2D eigenvalue weighted by Crippen LogP contribution is 2.40. The topological polar surface area (TPSA) is 46.5 Å². The van der Waals surface area contributed by atoms with Crippen LogP contribution in [-0.2, 0) is 21.6 Å². The van der Waals surface area contributed by atoms with E-state index in [-0.39, 0.29) is 11.9 Å². The molecule has 2 rings (SSSR count). The van der Waals surface area contributed by atoms with E-state index in [9.17, 15) is 9.90 Å². The summed E-state index contributed by atoms with van der Waals surface area (Å²) >= 11 is 0. The molecule has 1 aliphatic rings. The summed E-state index contributed by atoms with van der Waals surface area (Å²) < 4.78 is 5.26. The molecule has 0 spiro atoms. The second-order valence-electron chi connectivity index (χ2n) is 7.83. The van der Waals surface area contributed by atoms with E-state index < -0.39 is 5.60 Å². The highest BCUT2D eigenvalue weighted by atomic mass is 16.5. The second-order valence-corrected chi connectivity index (χ2v) is 7.83. The summed E-state index contributed by atoms with van der Waals surface area (Å²) in [6.45, 7) is 4.74. The molecule has 0 saturated heterocycles. The highest BCUT2D eigenvalue weighted by molar-refractivity contribution is 5.72. The van der Waals surface area contributed by atoms with Crippen LogP contribution in [0.15, 0.2) is 24.3 Å². The molecule has 1 N–H and O–H groups in total. The molecule has 146 valence electrons. The average molecular weight is 361 g/mol. The molecule has 0 atom stereocenters. The van der Waals surface area contributed by atoms with Crippen molar-refractivity contribution in [1.29, 1.82) is 0 Å². The van der Waals surface area contributed by atoms with Gasteiger partial charge in [0.25, 0.3) is 0 Å². The number of aliphatic hydroxyl groups is 1. The molecule has 3 heteroatoms. The molecule has 1 saturated carbocycles. The number of carbonyl (C=O) groups excluding carboxylic acids is 1. The summed E-state index contributed by atoms with van der Waals surface area (Å²) in [5.41, 5.74) is 1.56. The van der Waals surface area contributed by atoms with Gasteiger partial charge in [-0.2, -0.15) is 0 Å². The Morgan fingerprint density at radius 2 is 1.69 bits per heavy atom. The van der Waals surface area contributed by atoms with Crippen LogP contribution in [0.3, 0.4) is 0 Å². The first kappa shape index (κ1) is 21.0. The minimum Gasteiger partial charge on any atom is -0.465 e. The molecular formula is C23H36O3. The van der Waals surface area contributed by atoms with Crippen molar-refractivity contribution in [2.24, 2.45) is 5.92 Å². The smallest absolute Gasteiger partial charge is 0.308 e. The number of aryl methyl sites for hydroxylation is 1. The fraction of sp³-hybridized carbons (Fsp3) is 0.696. The van der Waals surface area contributed by atoms with Crippen molar-refractivity contribution in [3.63, 3.8) is 0 Å². The number of ether oxygens (including phenoxy) is 1. The Bertz CT molecular complexity index is 527. The van der Waals surface area contributed by atoms with Gasteiger partial charge in [0.15, 0.2) is 0 Å². The summed E-state index contributed by atoms with van der Waals surface area (Å²) in [7, 11) is 0. The molecule has 0 heterocycles. The molecule has 1 fully saturated rings. The van der Waals surface area contributed by atoms with Crippen molar-refractivity contribution in [1.82, 2.24) is 0 Å². The maximum atomic E-state index is 12.0. The van der Waals surface area contributed by atoms with Gasteiger partial charge in [0.05, 0.1) is 18.1 Å². The zero-order valence-electron chi connectivity index (χ0n) is 16.6. The predicted octanol–water partition coefficient (Wildman–Crippen LogP) is 5.53. The number of esters is 1. The summed E-state index contributed by atoms with van der Waals surface area (Å²) in [5.74, 6) is -0.142. The van der Waals surface area contributed by atoms with Gasteiger partial charge in [-0.05, 0) is 56.1 Å². The van der Waals surface area contributed by atoms with Gasteiger partial charge in [-0.15, -0.1) is 0 Å². The van der Waals surface area contributed by atoms with Crippen LogP contribution in [0.25, 0.3) is 0 Å². The standard InChI is InChI=1S/C23H36O3/c1-3-5-6-7-8-9-19-10-12-21(13-11-19)23(25)16-14-20(15-17-23)22(24)26-18-4-2/h10-13,20,25H,3-9,14-18H2,1-2H3. The fourth-order valence-corrected chi connectivity index (χ4v) is 3.85. The Labute approximate surface area is 159 Å². The quantitative estimate of drug-likeness (QED) is 0.441. The zero-order chi connectivity index (χ0) is 18.8. The molecule has 0 radical (unpaired) electrons. The van der Waals surface area contributed by atoms with Gasteiger partial charge < -0.3 is 9.84 Å². The molecule has 0 aromatic heterocycles. The Kier molecular flexibility index (Phi) is 8.64. The molecular weight excluding hydrogens is 324 g/mol. The molecule has 1 aromatic carbocycles. The van der Waals surface area contributed by atoms with Gasteiger partial charge in [-0.1, -0.05) is 63.8 Å². The van der Waals surface area contributed by atoms with Crippen molar-refractivity contribution >= 4 is 5.97 Å². The van der Waals surface area contributed by atoms with Gasteiger partial charge in [0.2, 0.25) is 0 Å². The number of carbonyl (C=O) groups is 1. The Balaban J connectivity index is 1.82. The Hall–Kier alpha value is -1.35. The number of benzene rings is 1. The average Bonchev–Trinajstić information content (AvgIpc) is 2.67. The molecule has 0 unspecified atom stereocenters. The monoisotopic (exact) mass is 360 g/mol. The van der Waals surface area contributed by atoms with Crippen LogP contribution in [0, 0.1) is 5.92 Å². The van der Waals surface area contributed by atoms with Gasteiger partial charge >= 0.3 is 5.97 Å². The molecule has 1 aromatic rings. The lowest BCUT2D eigenvalue weighted by Crippen LogP contribution is -2.34. The maximum absolute atomic E-state index is 12.0. The van der Waals surface area contributed by atoms with Crippen LogP contribution >= 0.6 is 0 Å². The third kappa shape index (κ3) is 6.12. The first-order chi connectivity index (χ1) is 12.6. The number of unbranched alkanes of at least 4 members (excludes halogenated alkanes) is 4. The first-order valence-corrected chi connectivity index (χ1v) is 10.6. The van der Waals surface area contributed by atoms with E-state index >= 15 is 0 Å². The Morgan fingerprint density at radius 3 is 2.31 bits per heavy atom. The second kappa shape index (κ2) is 10.7. The van der Waals surface area contributed by atoms with Crippen molar-refractivity contribution < 1.29 is 14.6 Å². The lowest BCUT2D eigenvalue weighted by Gasteiger charge is -2.35. The maximum Gasteiger partial charge on any atom is 0.308 e. The SMILES string of the molecule is CCCCCCCc1ccc(C2(O)CCC(C(=O)OCCC)CC2)cc1. The van der Waals surface area contributed by atoms with Crippen LogP contribution in [0.2, 0.25) is 0 Å². The zero-order valence-corrected chi connectivity index (χ0v) is 16.6. The van der Waals surface area contributed by atoms with Gasteiger partial charge in [0, 0.05) is 0 Å². The highest BCUT2D eigenvalue weighted by Gasteiger charge is 2.37. The van der Waals surface area contributed by atoms with Gasteiger partial charge in [0.1, 0.15) is 0 Å². The third-order valence-corrected chi connectivity index (χ3v) is 5.65. The minimum atomic E-state index is -0.790. The normalized spacial score (nSPS) is 23.0. The van der Waals surface area contributed by atoms with Crippen molar-refractivity contribution in [3.8, 4) is 0 Å². The van der Waals surface area contributed by atoms with E-state index in [2.05, 4.69) is 31.2 Å². The van der Waals surface area contributed by atoms with Crippen LogP contribution in [0.1, 0.15) is 89.2 Å². The molecule has 1 aliphatic carbocycles. The van der Waals surface area contributed by atoms with E-state index in [4.69, 9.17) is 4.74 Å².